The number of hydrogen-bond donors (Lipinski definition) is 0. The summed E-state index contributed by atoms with van der Waals surface area (Å²) in [7, 11) is 0. The molecule has 0 aliphatic carbocycles. The lowest BCUT2D eigenvalue weighted by Crippen LogP contribution is -2.03. The number of aldehydes is 1. The quantitative estimate of drug-likeness (QED) is 0.775. The van der Waals surface area contributed by atoms with Crippen molar-refractivity contribution in [3.05, 3.63) is 46.8 Å². The van der Waals surface area contributed by atoms with Crippen LogP contribution < -0.4 is 4.74 Å². The number of benzene rings is 1. The molecule has 1 aromatic carbocycles. The first-order valence-corrected chi connectivity index (χ1v) is 5.71. The molecule has 0 unspecified atom stereocenters. The zero-order chi connectivity index (χ0) is 13.2. The first kappa shape index (κ1) is 12.6. The molecule has 0 fully saturated rings. The van der Waals surface area contributed by atoms with Crippen molar-refractivity contribution in [2.75, 3.05) is 0 Å². The van der Waals surface area contributed by atoms with Crippen molar-refractivity contribution >= 4 is 17.6 Å². The molecule has 0 spiro atoms. The van der Waals surface area contributed by atoms with Crippen LogP contribution in [0.25, 0.3) is 0 Å². The molecule has 1 heterocycles. The van der Waals surface area contributed by atoms with Gasteiger partial charge in [-0.05, 0) is 36.4 Å². The molecule has 0 atom stereocenters. The van der Waals surface area contributed by atoms with E-state index in [0.717, 1.165) is 23.5 Å². The second-order valence-electron chi connectivity index (χ2n) is 3.40. The van der Waals surface area contributed by atoms with Gasteiger partial charge in [-0.2, -0.15) is 13.2 Å². The molecule has 0 radical (unpaired) electrons. The van der Waals surface area contributed by atoms with E-state index in [1.165, 1.54) is 12.1 Å². The van der Waals surface area contributed by atoms with Gasteiger partial charge in [-0.25, -0.2) is 0 Å². The highest BCUT2D eigenvalue weighted by Gasteiger charge is 2.30. The van der Waals surface area contributed by atoms with Crippen LogP contribution in [0.15, 0.2) is 36.4 Å². The van der Waals surface area contributed by atoms with E-state index in [0.29, 0.717) is 22.0 Å². The van der Waals surface area contributed by atoms with Crippen molar-refractivity contribution in [1.82, 2.24) is 0 Å². The van der Waals surface area contributed by atoms with Crippen LogP contribution in [0.3, 0.4) is 0 Å². The molecule has 2 nitrogen and oxygen atoms in total. The molecule has 0 N–H and O–H groups in total. The fourth-order valence-electron chi connectivity index (χ4n) is 1.28. The van der Waals surface area contributed by atoms with Gasteiger partial charge < -0.3 is 4.74 Å². The Balaban J connectivity index is 2.13. The summed E-state index contributed by atoms with van der Waals surface area (Å²) in [6, 6.07) is 7.54. The maximum Gasteiger partial charge on any atom is 0.416 e. The molecule has 94 valence electrons. The number of carbonyl (C=O) groups is 1. The molecule has 1 aromatic heterocycles. The summed E-state index contributed by atoms with van der Waals surface area (Å²) >= 11 is 1.12. The van der Waals surface area contributed by atoms with Gasteiger partial charge in [0.05, 0.1) is 10.4 Å². The van der Waals surface area contributed by atoms with Crippen LogP contribution >= 0.6 is 11.3 Å². The lowest BCUT2D eigenvalue weighted by Gasteiger charge is -2.07. The zero-order valence-electron chi connectivity index (χ0n) is 8.90. The highest BCUT2D eigenvalue weighted by Crippen LogP contribution is 2.32. The third-order valence-corrected chi connectivity index (χ3v) is 3.01. The summed E-state index contributed by atoms with van der Waals surface area (Å²) in [5.41, 5.74) is -0.727. The number of rotatable bonds is 3. The Labute approximate surface area is 105 Å². The predicted molar refractivity (Wildman–Crippen MR) is 61.2 cm³/mol. The normalized spacial score (nSPS) is 11.3. The first-order chi connectivity index (χ1) is 8.49. The van der Waals surface area contributed by atoms with Gasteiger partial charge >= 0.3 is 6.18 Å². The number of alkyl halides is 3. The minimum atomic E-state index is -4.36. The minimum Gasteiger partial charge on any atom is -0.447 e. The van der Waals surface area contributed by atoms with Gasteiger partial charge in [0.2, 0.25) is 0 Å². The van der Waals surface area contributed by atoms with Crippen LogP contribution in [0, 0.1) is 0 Å². The van der Waals surface area contributed by atoms with E-state index in [1.807, 2.05) is 0 Å². The molecule has 0 aliphatic heterocycles. The maximum absolute atomic E-state index is 12.3. The van der Waals surface area contributed by atoms with E-state index < -0.39 is 11.7 Å². The van der Waals surface area contributed by atoms with Crippen molar-refractivity contribution in [2.24, 2.45) is 0 Å². The Morgan fingerprint density at radius 1 is 1.06 bits per heavy atom. The van der Waals surface area contributed by atoms with Crippen LogP contribution in [-0.2, 0) is 6.18 Å². The Hall–Kier alpha value is -1.82. The minimum absolute atomic E-state index is 0.294. The number of thiophene rings is 1. The fourth-order valence-corrected chi connectivity index (χ4v) is 1.97. The molecular weight excluding hydrogens is 265 g/mol. The molecule has 0 bridgehead atoms. The highest BCUT2D eigenvalue weighted by molar-refractivity contribution is 7.15. The monoisotopic (exact) mass is 272 g/mol. The Bertz CT molecular complexity index is 543. The number of ether oxygens (including phenoxy) is 1. The van der Waals surface area contributed by atoms with Gasteiger partial charge in [-0.1, -0.05) is 11.3 Å². The second kappa shape index (κ2) is 4.81. The van der Waals surface area contributed by atoms with E-state index in [1.54, 1.807) is 12.1 Å². The molecule has 0 aliphatic rings. The smallest absolute Gasteiger partial charge is 0.416 e. The lowest BCUT2D eigenvalue weighted by molar-refractivity contribution is -0.137. The van der Waals surface area contributed by atoms with Crippen molar-refractivity contribution in [2.45, 2.75) is 6.18 Å². The summed E-state index contributed by atoms with van der Waals surface area (Å²) < 4.78 is 42.3. The average Bonchev–Trinajstić information content (AvgIpc) is 2.76. The molecule has 0 saturated heterocycles. The topological polar surface area (TPSA) is 26.3 Å². The van der Waals surface area contributed by atoms with Gasteiger partial charge in [0.25, 0.3) is 0 Å². The standard InChI is InChI=1S/C12H7F3O2S/c13-12(14,15)8-1-3-9(4-2-8)17-11-6-5-10(7-16)18-11/h1-7H. The van der Waals surface area contributed by atoms with E-state index >= 15 is 0 Å². The predicted octanol–water partition coefficient (Wildman–Crippen LogP) is 4.37. The zero-order valence-corrected chi connectivity index (χ0v) is 9.72. The molecular formula is C12H7F3O2S. The summed E-state index contributed by atoms with van der Waals surface area (Å²) in [5.74, 6) is 0.294. The number of hydrogen-bond acceptors (Lipinski definition) is 3. The Morgan fingerprint density at radius 3 is 2.22 bits per heavy atom. The van der Waals surface area contributed by atoms with Crippen LogP contribution in [0.4, 0.5) is 13.2 Å². The fraction of sp³-hybridized carbons (Fsp3) is 0.0833. The molecule has 18 heavy (non-hydrogen) atoms. The van der Waals surface area contributed by atoms with E-state index in [-0.39, 0.29) is 0 Å². The van der Waals surface area contributed by atoms with Crippen molar-refractivity contribution in [3.63, 3.8) is 0 Å². The van der Waals surface area contributed by atoms with Gasteiger partial charge in [0.1, 0.15) is 5.75 Å². The lowest BCUT2D eigenvalue weighted by atomic mass is 10.2. The SMILES string of the molecule is O=Cc1ccc(Oc2ccc(C(F)(F)F)cc2)s1. The van der Waals surface area contributed by atoms with Crippen LogP contribution in [0.5, 0.6) is 10.8 Å². The van der Waals surface area contributed by atoms with Gasteiger partial charge in [0, 0.05) is 0 Å². The van der Waals surface area contributed by atoms with E-state index in [9.17, 15) is 18.0 Å². The molecule has 2 rings (SSSR count). The highest BCUT2D eigenvalue weighted by atomic mass is 32.1. The first-order valence-electron chi connectivity index (χ1n) is 4.89. The summed E-state index contributed by atoms with van der Waals surface area (Å²) in [6.07, 6.45) is -3.67. The third-order valence-electron chi connectivity index (χ3n) is 2.12. The molecule has 0 saturated carbocycles. The van der Waals surface area contributed by atoms with Crippen LogP contribution in [-0.4, -0.2) is 6.29 Å². The Morgan fingerprint density at radius 2 is 1.72 bits per heavy atom. The average molecular weight is 272 g/mol. The second-order valence-corrected chi connectivity index (χ2v) is 4.48. The summed E-state index contributed by atoms with van der Waals surface area (Å²) in [5, 5.41) is 0.455. The van der Waals surface area contributed by atoms with Gasteiger partial charge in [-0.15, -0.1) is 0 Å². The van der Waals surface area contributed by atoms with Crippen molar-refractivity contribution in [3.8, 4) is 10.8 Å². The van der Waals surface area contributed by atoms with Crippen molar-refractivity contribution in [1.29, 1.82) is 0 Å². The van der Waals surface area contributed by atoms with E-state index in [4.69, 9.17) is 4.74 Å². The third kappa shape index (κ3) is 2.89. The van der Waals surface area contributed by atoms with Crippen LogP contribution in [0.1, 0.15) is 15.2 Å². The number of carbonyl (C=O) groups excluding carboxylic acids is 1. The number of halogens is 3. The molecule has 2 aromatic rings. The molecule has 0 amide bonds. The maximum atomic E-state index is 12.3. The largest absolute Gasteiger partial charge is 0.447 e. The summed E-state index contributed by atoms with van der Waals surface area (Å²) in [4.78, 5) is 11.0. The van der Waals surface area contributed by atoms with Crippen LogP contribution in [0.2, 0.25) is 0 Å². The van der Waals surface area contributed by atoms with Crippen molar-refractivity contribution < 1.29 is 22.7 Å². The van der Waals surface area contributed by atoms with E-state index in [2.05, 4.69) is 0 Å². The Kier molecular flexibility index (Phi) is 3.38. The summed E-state index contributed by atoms with van der Waals surface area (Å²) in [6.45, 7) is 0. The molecule has 6 heteroatoms. The van der Waals surface area contributed by atoms with Gasteiger partial charge in [-0.3, -0.25) is 4.79 Å². The van der Waals surface area contributed by atoms with Gasteiger partial charge in [0.15, 0.2) is 11.3 Å².